The quantitative estimate of drug-likeness (QED) is 0.606. The van der Waals surface area contributed by atoms with Gasteiger partial charge in [-0.15, -0.1) is 0 Å². The SMILES string of the molecule is CCOC(=O)C(NC(=O)c1ccc(OCC)cc1)C(C)=O. The summed E-state index contributed by atoms with van der Waals surface area (Å²) >= 11 is 0. The maximum absolute atomic E-state index is 12.0. The lowest BCUT2D eigenvalue weighted by atomic mass is 10.1. The van der Waals surface area contributed by atoms with E-state index >= 15 is 0 Å². The Morgan fingerprint density at radius 2 is 1.71 bits per heavy atom. The average molecular weight is 293 g/mol. The molecule has 1 aromatic carbocycles. The molecule has 6 heteroatoms. The Morgan fingerprint density at radius 3 is 2.19 bits per heavy atom. The molecule has 0 aliphatic heterocycles. The molecule has 0 saturated heterocycles. The van der Waals surface area contributed by atoms with E-state index in [2.05, 4.69) is 5.32 Å². The fourth-order valence-corrected chi connectivity index (χ4v) is 1.64. The molecule has 1 atom stereocenters. The summed E-state index contributed by atoms with van der Waals surface area (Å²) in [6, 6.07) is 5.12. The second-order valence-corrected chi connectivity index (χ2v) is 4.23. The Labute approximate surface area is 123 Å². The Bertz CT molecular complexity index is 509. The van der Waals surface area contributed by atoms with E-state index in [0.717, 1.165) is 0 Å². The highest BCUT2D eigenvalue weighted by molar-refractivity contribution is 6.07. The van der Waals surface area contributed by atoms with Crippen molar-refractivity contribution in [2.45, 2.75) is 26.8 Å². The van der Waals surface area contributed by atoms with Gasteiger partial charge < -0.3 is 14.8 Å². The number of carbonyl (C=O) groups is 3. The summed E-state index contributed by atoms with van der Waals surface area (Å²) in [5.41, 5.74) is 0.328. The molecule has 114 valence electrons. The van der Waals surface area contributed by atoms with Crippen LogP contribution in [0.15, 0.2) is 24.3 Å². The standard InChI is InChI=1S/C15H19NO5/c1-4-20-12-8-6-11(7-9-12)14(18)16-13(10(3)17)15(19)21-5-2/h6-9,13H,4-5H2,1-3H3,(H,16,18). The van der Waals surface area contributed by atoms with E-state index in [9.17, 15) is 14.4 Å². The van der Waals surface area contributed by atoms with Gasteiger partial charge in [-0.25, -0.2) is 4.79 Å². The highest BCUT2D eigenvalue weighted by atomic mass is 16.5. The van der Waals surface area contributed by atoms with Crippen LogP contribution in [0.25, 0.3) is 0 Å². The van der Waals surface area contributed by atoms with Crippen molar-refractivity contribution < 1.29 is 23.9 Å². The average Bonchev–Trinajstić information content (AvgIpc) is 2.45. The van der Waals surface area contributed by atoms with Crippen LogP contribution in [0.3, 0.4) is 0 Å². The maximum Gasteiger partial charge on any atom is 0.336 e. The highest BCUT2D eigenvalue weighted by Gasteiger charge is 2.26. The first-order chi connectivity index (χ1) is 9.99. The minimum atomic E-state index is -1.29. The van der Waals surface area contributed by atoms with Gasteiger partial charge in [-0.05, 0) is 45.0 Å². The summed E-state index contributed by atoms with van der Waals surface area (Å²) in [7, 11) is 0. The van der Waals surface area contributed by atoms with Crippen molar-refractivity contribution in [2.24, 2.45) is 0 Å². The Balaban J connectivity index is 2.77. The number of carbonyl (C=O) groups excluding carboxylic acids is 3. The van der Waals surface area contributed by atoms with Crippen LogP contribution in [0.5, 0.6) is 5.75 Å². The topological polar surface area (TPSA) is 81.7 Å². The fourth-order valence-electron chi connectivity index (χ4n) is 1.64. The van der Waals surface area contributed by atoms with Gasteiger partial charge in [0.1, 0.15) is 5.75 Å². The number of rotatable bonds is 7. The number of Topliss-reactive ketones (excluding diaryl/α,β-unsaturated/α-hetero) is 1. The van der Waals surface area contributed by atoms with Gasteiger partial charge in [-0.2, -0.15) is 0 Å². The number of ether oxygens (including phenoxy) is 2. The maximum atomic E-state index is 12.0. The third-order valence-corrected chi connectivity index (χ3v) is 2.63. The summed E-state index contributed by atoms with van der Waals surface area (Å²) in [4.78, 5) is 35.1. The molecule has 0 aliphatic rings. The molecule has 0 spiro atoms. The van der Waals surface area contributed by atoms with E-state index in [1.165, 1.54) is 6.92 Å². The number of hydrogen-bond acceptors (Lipinski definition) is 5. The van der Waals surface area contributed by atoms with Crippen LogP contribution in [0.2, 0.25) is 0 Å². The van der Waals surface area contributed by atoms with Crippen molar-refractivity contribution >= 4 is 17.7 Å². The summed E-state index contributed by atoms with van der Waals surface area (Å²) in [5.74, 6) is -1.12. The molecule has 0 aliphatic carbocycles. The first-order valence-corrected chi connectivity index (χ1v) is 6.70. The van der Waals surface area contributed by atoms with Crippen LogP contribution in [-0.2, 0) is 14.3 Å². The summed E-state index contributed by atoms with van der Waals surface area (Å²) in [5, 5.41) is 2.36. The zero-order valence-electron chi connectivity index (χ0n) is 12.3. The summed E-state index contributed by atoms with van der Waals surface area (Å²) in [6.07, 6.45) is 0. The molecule has 1 rings (SSSR count). The van der Waals surface area contributed by atoms with Gasteiger partial charge in [0.05, 0.1) is 13.2 Å². The molecule has 0 radical (unpaired) electrons. The molecular formula is C15H19NO5. The van der Waals surface area contributed by atoms with Crippen molar-refractivity contribution in [1.29, 1.82) is 0 Å². The smallest absolute Gasteiger partial charge is 0.336 e. The van der Waals surface area contributed by atoms with Crippen LogP contribution in [0.4, 0.5) is 0 Å². The van der Waals surface area contributed by atoms with Crippen LogP contribution < -0.4 is 10.1 Å². The predicted molar refractivity (Wildman–Crippen MR) is 76.2 cm³/mol. The van der Waals surface area contributed by atoms with E-state index in [1.54, 1.807) is 31.2 Å². The zero-order valence-corrected chi connectivity index (χ0v) is 12.3. The van der Waals surface area contributed by atoms with E-state index < -0.39 is 23.7 Å². The normalized spacial score (nSPS) is 11.4. The molecule has 0 aromatic heterocycles. The molecule has 1 unspecified atom stereocenters. The first-order valence-electron chi connectivity index (χ1n) is 6.70. The number of esters is 1. The lowest BCUT2D eigenvalue weighted by Gasteiger charge is -2.14. The van der Waals surface area contributed by atoms with Gasteiger partial charge >= 0.3 is 5.97 Å². The van der Waals surface area contributed by atoms with Crippen molar-refractivity contribution in [3.05, 3.63) is 29.8 Å². The van der Waals surface area contributed by atoms with Crippen molar-refractivity contribution in [1.82, 2.24) is 5.32 Å². The number of nitrogens with one attached hydrogen (secondary N) is 1. The number of amides is 1. The van der Waals surface area contributed by atoms with Crippen LogP contribution >= 0.6 is 0 Å². The van der Waals surface area contributed by atoms with Crippen LogP contribution in [0, 0.1) is 0 Å². The second-order valence-electron chi connectivity index (χ2n) is 4.23. The number of hydrogen-bond donors (Lipinski definition) is 1. The predicted octanol–water partition coefficient (Wildman–Crippen LogP) is 1.34. The zero-order chi connectivity index (χ0) is 15.8. The third-order valence-electron chi connectivity index (χ3n) is 2.63. The Morgan fingerprint density at radius 1 is 1.10 bits per heavy atom. The minimum Gasteiger partial charge on any atom is -0.494 e. The summed E-state index contributed by atoms with van der Waals surface area (Å²) in [6.45, 7) is 5.38. The summed E-state index contributed by atoms with van der Waals surface area (Å²) < 4.78 is 10.0. The molecule has 0 heterocycles. The molecule has 0 bridgehead atoms. The largest absolute Gasteiger partial charge is 0.494 e. The minimum absolute atomic E-state index is 0.140. The molecule has 0 fully saturated rings. The van der Waals surface area contributed by atoms with E-state index in [-0.39, 0.29) is 6.61 Å². The molecule has 1 aromatic rings. The van der Waals surface area contributed by atoms with Crippen molar-refractivity contribution in [2.75, 3.05) is 13.2 Å². The fraction of sp³-hybridized carbons (Fsp3) is 0.400. The molecule has 1 N–H and O–H groups in total. The van der Waals surface area contributed by atoms with E-state index in [4.69, 9.17) is 9.47 Å². The monoisotopic (exact) mass is 293 g/mol. The third kappa shape index (κ3) is 4.91. The second kappa shape index (κ2) is 8.04. The number of ketones is 1. The van der Waals surface area contributed by atoms with E-state index in [1.807, 2.05) is 6.92 Å². The van der Waals surface area contributed by atoms with Gasteiger partial charge in [0, 0.05) is 5.56 Å². The molecule has 6 nitrogen and oxygen atoms in total. The Hall–Kier alpha value is -2.37. The van der Waals surface area contributed by atoms with Gasteiger partial charge in [0.2, 0.25) is 0 Å². The van der Waals surface area contributed by atoms with Gasteiger partial charge in [0.15, 0.2) is 11.8 Å². The molecule has 0 saturated carbocycles. The van der Waals surface area contributed by atoms with E-state index in [0.29, 0.717) is 17.9 Å². The van der Waals surface area contributed by atoms with Gasteiger partial charge in [-0.1, -0.05) is 0 Å². The van der Waals surface area contributed by atoms with Gasteiger partial charge in [-0.3, -0.25) is 9.59 Å². The molecule has 1 amide bonds. The van der Waals surface area contributed by atoms with Crippen LogP contribution in [-0.4, -0.2) is 36.9 Å². The lowest BCUT2D eigenvalue weighted by Crippen LogP contribution is -2.46. The van der Waals surface area contributed by atoms with Crippen LogP contribution in [0.1, 0.15) is 31.1 Å². The number of benzene rings is 1. The molecular weight excluding hydrogens is 274 g/mol. The molecule has 21 heavy (non-hydrogen) atoms. The van der Waals surface area contributed by atoms with Crippen molar-refractivity contribution in [3.63, 3.8) is 0 Å². The Kier molecular flexibility index (Phi) is 6.39. The lowest BCUT2D eigenvalue weighted by molar-refractivity contribution is -0.148. The van der Waals surface area contributed by atoms with Crippen molar-refractivity contribution in [3.8, 4) is 5.75 Å². The van der Waals surface area contributed by atoms with Gasteiger partial charge in [0.25, 0.3) is 5.91 Å². The highest BCUT2D eigenvalue weighted by Crippen LogP contribution is 2.12. The first kappa shape index (κ1) is 16.7.